The van der Waals surface area contributed by atoms with Crippen molar-refractivity contribution in [3.8, 4) is 11.5 Å². The van der Waals surface area contributed by atoms with E-state index in [1.54, 1.807) is 38.3 Å². The topological polar surface area (TPSA) is 84.9 Å². The molecule has 0 spiro atoms. The summed E-state index contributed by atoms with van der Waals surface area (Å²) in [5.41, 5.74) is 0. The van der Waals surface area contributed by atoms with Gasteiger partial charge in [-0.05, 0) is 31.2 Å². The number of nitrogens with one attached hydrogen (secondary N) is 1. The van der Waals surface area contributed by atoms with Gasteiger partial charge in [0.05, 0.1) is 13.7 Å². The number of rotatable bonds is 6. The molecule has 7 nitrogen and oxygen atoms in total. The lowest BCUT2D eigenvalue weighted by Crippen LogP contribution is -2.40. The minimum atomic E-state index is -0.930. The first-order valence-electron chi connectivity index (χ1n) is 7.30. The van der Waals surface area contributed by atoms with Gasteiger partial charge in [0.15, 0.2) is 0 Å². The number of Topliss-reactive ketones (excluding diaryl/α,β-unsaturated/α-hetero) is 1. The standard InChI is InChI=1S/C16H20N2O5/c1-10(23-12-6-4-11(22-3)5-7-12)8-17-15(20)13-9-18(2)16(21)14(13)19/h4-7,10,13H,8-9H2,1-3H3,(H,17,20). The van der Waals surface area contributed by atoms with Gasteiger partial charge in [-0.1, -0.05) is 0 Å². The Bertz CT molecular complexity index is 599. The summed E-state index contributed by atoms with van der Waals surface area (Å²) in [6.07, 6.45) is -0.280. The molecule has 0 aromatic heterocycles. The summed E-state index contributed by atoms with van der Waals surface area (Å²) >= 11 is 0. The number of ketones is 1. The molecular formula is C16H20N2O5. The van der Waals surface area contributed by atoms with E-state index in [1.165, 1.54) is 11.9 Å². The van der Waals surface area contributed by atoms with Gasteiger partial charge in [-0.25, -0.2) is 0 Å². The predicted octanol–water partition coefficient (Wildman–Crippen LogP) is 0.236. The number of likely N-dealkylation sites (N-methyl/N-ethyl adjacent to an activating group) is 1. The normalized spacial score (nSPS) is 18.7. The number of hydrogen-bond acceptors (Lipinski definition) is 5. The molecule has 2 unspecified atom stereocenters. The minimum absolute atomic E-state index is 0.122. The molecule has 1 aromatic rings. The number of ether oxygens (including phenoxy) is 2. The third-order valence-electron chi connectivity index (χ3n) is 3.61. The molecule has 1 N–H and O–H groups in total. The van der Waals surface area contributed by atoms with Crippen LogP contribution in [0.25, 0.3) is 0 Å². The van der Waals surface area contributed by atoms with Gasteiger partial charge in [0.2, 0.25) is 11.7 Å². The van der Waals surface area contributed by atoms with Crippen molar-refractivity contribution in [2.75, 3.05) is 27.2 Å². The van der Waals surface area contributed by atoms with E-state index in [4.69, 9.17) is 9.47 Å². The Morgan fingerprint density at radius 3 is 2.43 bits per heavy atom. The van der Waals surface area contributed by atoms with E-state index in [1.807, 2.05) is 0 Å². The van der Waals surface area contributed by atoms with Crippen LogP contribution in [0, 0.1) is 5.92 Å². The highest BCUT2D eigenvalue weighted by Crippen LogP contribution is 2.18. The molecule has 1 fully saturated rings. The van der Waals surface area contributed by atoms with Gasteiger partial charge in [0.1, 0.15) is 23.5 Å². The average Bonchev–Trinajstić information content (AvgIpc) is 2.81. The van der Waals surface area contributed by atoms with Crippen LogP contribution in [-0.4, -0.2) is 55.8 Å². The first-order valence-corrected chi connectivity index (χ1v) is 7.30. The van der Waals surface area contributed by atoms with Crippen molar-refractivity contribution in [3.05, 3.63) is 24.3 Å². The SMILES string of the molecule is COc1ccc(OC(C)CNC(=O)C2CN(C)C(=O)C2=O)cc1. The van der Waals surface area contributed by atoms with Crippen LogP contribution in [-0.2, 0) is 14.4 Å². The Morgan fingerprint density at radius 1 is 1.30 bits per heavy atom. The molecule has 0 bridgehead atoms. The Labute approximate surface area is 134 Å². The second-order valence-electron chi connectivity index (χ2n) is 5.45. The summed E-state index contributed by atoms with van der Waals surface area (Å²) in [5.74, 6) is -1.27. The summed E-state index contributed by atoms with van der Waals surface area (Å²) in [5, 5.41) is 2.65. The molecule has 0 radical (unpaired) electrons. The second kappa shape index (κ2) is 7.13. The first-order chi connectivity index (χ1) is 10.9. The van der Waals surface area contributed by atoms with Crippen molar-refractivity contribution in [2.45, 2.75) is 13.0 Å². The lowest BCUT2D eigenvalue weighted by atomic mass is 10.1. The van der Waals surface area contributed by atoms with Crippen molar-refractivity contribution < 1.29 is 23.9 Å². The maximum Gasteiger partial charge on any atom is 0.290 e. The van der Waals surface area contributed by atoms with E-state index in [9.17, 15) is 14.4 Å². The highest BCUT2D eigenvalue weighted by atomic mass is 16.5. The number of carbonyl (C=O) groups excluding carboxylic acids is 3. The zero-order chi connectivity index (χ0) is 17.0. The highest BCUT2D eigenvalue weighted by molar-refractivity contribution is 6.42. The summed E-state index contributed by atoms with van der Waals surface area (Å²) in [4.78, 5) is 36.3. The number of benzene rings is 1. The van der Waals surface area contributed by atoms with E-state index >= 15 is 0 Å². The van der Waals surface area contributed by atoms with Crippen molar-refractivity contribution >= 4 is 17.6 Å². The largest absolute Gasteiger partial charge is 0.497 e. The monoisotopic (exact) mass is 320 g/mol. The van der Waals surface area contributed by atoms with Crippen molar-refractivity contribution in [2.24, 2.45) is 5.92 Å². The predicted molar refractivity (Wildman–Crippen MR) is 82.2 cm³/mol. The molecule has 1 saturated heterocycles. The minimum Gasteiger partial charge on any atom is -0.497 e. The Balaban J connectivity index is 1.81. The van der Waals surface area contributed by atoms with Gasteiger partial charge in [0, 0.05) is 13.6 Å². The van der Waals surface area contributed by atoms with Crippen LogP contribution in [0.15, 0.2) is 24.3 Å². The fraction of sp³-hybridized carbons (Fsp3) is 0.438. The Kier molecular flexibility index (Phi) is 5.20. The molecule has 1 aliphatic heterocycles. The van der Waals surface area contributed by atoms with Crippen LogP contribution in [0.5, 0.6) is 11.5 Å². The molecule has 1 heterocycles. The molecule has 1 aromatic carbocycles. The van der Waals surface area contributed by atoms with E-state index in [0.29, 0.717) is 5.75 Å². The van der Waals surface area contributed by atoms with Gasteiger partial charge in [-0.3, -0.25) is 14.4 Å². The van der Waals surface area contributed by atoms with Gasteiger partial charge in [0.25, 0.3) is 5.91 Å². The average molecular weight is 320 g/mol. The zero-order valence-corrected chi connectivity index (χ0v) is 13.4. The molecular weight excluding hydrogens is 300 g/mol. The Hall–Kier alpha value is -2.57. The van der Waals surface area contributed by atoms with Gasteiger partial charge >= 0.3 is 0 Å². The molecule has 23 heavy (non-hydrogen) atoms. The summed E-state index contributed by atoms with van der Waals surface area (Å²) in [6, 6.07) is 7.09. The molecule has 7 heteroatoms. The fourth-order valence-corrected chi connectivity index (χ4v) is 2.27. The zero-order valence-electron chi connectivity index (χ0n) is 13.4. The van der Waals surface area contributed by atoms with Crippen molar-refractivity contribution in [3.63, 3.8) is 0 Å². The van der Waals surface area contributed by atoms with Gasteiger partial charge in [-0.15, -0.1) is 0 Å². The highest BCUT2D eigenvalue weighted by Gasteiger charge is 2.41. The molecule has 0 saturated carbocycles. The Morgan fingerprint density at radius 2 is 1.91 bits per heavy atom. The second-order valence-corrected chi connectivity index (χ2v) is 5.45. The van der Waals surface area contributed by atoms with Gasteiger partial charge < -0.3 is 19.7 Å². The lowest BCUT2D eigenvalue weighted by Gasteiger charge is -2.17. The maximum atomic E-state index is 12.0. The van der Waals surface area contributed by atoms with Crippen LogP contribution in [0.3, 0.4) is 0 Å². The van der Waals surface area contributed by atoms with Crippen molar-refractivity contribution in [1.82, 2.24) is 10.2 Å². The number of hydrogen-bond donors (Lipinski definition) is 1. The quantitative estimate of drug-likeness (QED) is 0.599. The molecule has 124 valence electrons. The number of carbonyl (C=O) groups is 3. The number of nitrogens with zero attached hydrogens (tertiary/aromatic N) is 1. The number of amides is 2. The summed E-state index contributed by atoms with van der Waals surface area (Å²) in [7, 11) is 3.09. The van der Waals surface area contributed by atoms with E-state index < -0.39 is 23.5 Å². The third kappa shape index (κ3) is 4.00. The molecule has 2 amide bonds. The van der Waals surface area contributed by atoms with E-state index in [-0.39, 0.29) is 19.2 Å². The van der Waals surface area contributed by atoms with Crippen LogP contribution >= 0.6 is 0 Å². The molecule has 2 rings (SSSR count). The van der Waals surface area contributed by atoms with E-state index in [2.05, 4.69) is 5.32 Å². The van der Waals surface area contributed by atoms with E-state index in [0.717, 1.165) is 5.75 Å². The summed E-state index contributed by atoms with van der Waals surface area (Å²) < 4.78 is 10.7. The lowest BCUT2D eigenvalue weighted by molar-refractivity contribution is -0.142. The summed E-state index contributed by atoms with van der Waals surface area (Å²) in [6.45, 7) is 2.17. The molecule has 0 aliphatic carbocycles. The number of methoxy groups -OCH3 is 1. The first kappa shape index (κ1) is 16.8. The van der Waals surface area contributed by atoms with Crippen LogP contribution < -0.4 is 14.8 Å². The van der Waals surface area contributed by atoms with Crippen LogP contribution in [0.2, 0.25) is 0 Å². The van der Waals surface area contributed by atoms with Gasteiger partial charge in [-0.2, -0.15) is 0 Å². The number of likely N-dealkylation sites (tertiary alicyclic amines) is 1. The smallest absolute Gasteiger partial charge is 0.290 e. The van der Waals surface area contributed by atoms with Crippen LogP contribution in [0.1, 0.15) is 6.92 Å². The fourth-order valence-electron chi connectivity index (χ4n) is 2.27. The van der Waals surface area contributed by atoms with Crippen LogP contribution in [0.4, 0.5) is 0 Å². The molecule has 2 atom stereocenters. The maximum absolute atomic E-state index is 12.0. The third-order valence-corrected chi connectivity index (χ3v) is 3.61. The van der Waals surface area contributed by atoms with Crippen molar-refractivity contribution in [1.29, 1.82) is 0 Å². The molecule has 1 aliphatic rings.